The van der Waals surface area contributed by atoms with Crippen LogP contribution in [0.25, 0.3) is 10.9 Å². The summed E-state index contributed by atoms with van der Waals surface area (Å²) >= 11 is 10.6. The highest BCUT2D eigenvalue weighted by atomic mass is 79.9. The van der Waals surface area contributed by atoms with Gasteiger partial charge in [-0.25, -0.2) is 9.48 Å². The number of carbonyl (C=O) groups is 2. The summed E-state index contributed by atoms with van der Waals surface area (Å²) in [6, 6.07) is 1.98. The first-order chi connectivity index (χ1) is 21.5. The van der Waals surface area contributed by atoms with Gasteiger partial charge in [0.2, 0.25) is 0 Å². The summed E-state index contributed by atoms with van der Waals surface area (Å²) < 4.78 is 27.3. The quantitative estimate of drug-likeness (QED) is 0.178. The lowest BCUT2D eigenvalue weighted by molar-refractivity contribution is -0.130. The smallest absolute Gasteiger partial charge is 0.410 e. The molecule has 2 aromatic rings. The molecule has 1 aromatic heterocycles. The van der Waals surface area contributed by atoms with Crippen LogP contribution in [-0.2, 0) is 29.9 Å². The molecular weight excluding hydrogens is 690 g/mol. The van der Waals surface area contributed by atoms with E-state index in [9.17, 15) is 9.59 Å². The van der Waals surface area contributed by atoms with Crippen molar-refractivity contribution in [2.45, 2.75) is 123 Å². The van der Waals surface area contributed by atoms with Gasteiger partial charge in [0.15, 0.2) is 20.3 Å². The number of Topliss-reactive ketones (excluding diaryl/α,β-unsaturated/α-hetero) is 1. The lowest BCUT2D eigenvalue weighted by atomic mass is 9.95. The molecule has 1 amide bonds. The first kappa shape index (κ1) is 37.3. The third-order valence-corrected chi connectivity index (χ3v) is 15.0. The number of halogens is 2. The van der Waals surface area contributed by atoms with Gasteiger partial charge in [0.1, 0.15) is 11.7 Å². The van der Waals surface area contributed by atoms with Crippen molar-refractivity contribution < 1.29 is 28.2 Å². The molecule has 2 aliphatic heterocycles. The Balaban J connectivity index is 1.45. The fourth-order valence-electron chi connectivity index (χ4n) is 5.71. The van der Waals surface area contributed by atoms with Crippen molar-refractivity contribution >= 4 is 58.6 Å². The molecule has 9 nitrogen and oxygen atoms in total. The fraction of sp³-hybridized carbons (Fsp3) is 0.735. The van der Waals surface area contributed by atoms with Gasteiger partial charge < -0.3 is 23.5 Å². The molecule has 2 fully saturated rings. The van der Waals surface area contributed by atoms with Crippen molar-refractivity contribution in [1.82, 2.24) is 14.7 Å². The van der Waals surface area contributed by atoms with Gasteiger partial charge in [-0.2, -0.15) is 5.10 Å². The molecule has 0 N–H and O–H groups in total. The van der Waals surface area contributed by atoms with E-state index < -0.39 is 26.1 Å². The zero-order valence-electron chi connectivity index (χ0n) is 28.9. The van der Waals surface area contributed by atoms with Gasteiger partial charge in [-0.15, -0.1) is 0 Å². The van der Waals surface area contributed by atoms with Crippen LogP contribution in [0.3, 0.4) is 0 Å². The lowest BCUT2D eigenvalue weighted by Gasteiger charge is -2.41. The van der Waals surface area contributed by atoms with Crippen LogP contribution in [0.15, 0.2) is 16.7 Å². The molecule has 0 spiro atoms. The number of amides is 1. The second-order valence-electron chi connectivity index (χ2n) is 15.2. The molecule has 258 valence electrons. The van der Waals surface area contributed by atoms with Gasteiger partial charge in [0, 0.05) is 46.9 Å². The van der Waals surface area contributed by atoms with E-state index >= 15 is 0 Å². The van der Waals surface area contributed by atoms with Gasteiger partial charge >= 0.3 is 6.09 Å². The van der Waals surface area contributed by atoms with Crippen LogP contribution in [0.5, 0.6) is 0 Å². The second kappa shape index (κ2) is 15.4. The van der Waals surface area contributed by atoms with E-state index in [1.807, 2.05) is 37.7 Å². The zero-order valence-corrected chi connectivity index (χ0v) is 32.3. The first-order valence-electron chi connectivity index (χ1n) is 16.7. The third-order valence-electron chi connectivity index (χ3n) is 9.33. The molecule has 0 bridgehead atoms. The summed E-state index contributed by atoms with van der Waals surface area (Å²) in [6.45, 7) is 18.6. The zero-order chi connectivity index (χ0) is 33.9. The number of nitrogens with zero attached hydrogens (tertiary/aromatic N) is 3. The van der Waals surface area contributed by atoms with E-state index in [0.717, 1.165) is 59.7 Å². The number of rotatable bonds is 10. The number of benzene rings is 1. The first-order valence-corrected chi connectivity index (χ1v) is 20.8. The average Bonchev–Trinajstić information content (AvgIpc) is 3.22. The third kappa shape index (κ3) is 9.34. The van der Waals surface area contributed by atoms with Crippen LogP contribution in [0.1, 0.15) is 91.9 Å². The summed E-state index contributed by atoms with van der Waals surface area (Å²) in [5.74, 6) is -0.230. The van der Waals surface area contributed by atoms with Crippen LogP contribution in [0.4, 0.5) is 4.79 Å². The Kier molecular flexibility index (Phi) is 12.5. The summed E-state index contributed by atoms with van der Waals surface area (Å²) in [6.07, 6.45) is 6.46. The SMILES string of the molecule is CC(C)(C)OC(=O)N1CCOCC(C(O[Si](C)(C)C(C)(C)C)C(=O)CCCCc2c(Cl)cc3c(cnn3C3CCCCO3)c2Br)C1. The average molecular weight is 743 g/mol. The second-order valence-corrected chi connectivity index (χ2v) is 21.2. The Bertz CT molecular complexity index is 1370. The predicted molar refractivity (Wildman–Crippen MR) is 188 cm³/mol. The number of fused-ring (bicyclic) bond motifs is 1. The largest absolute Gasteiger partial charge is 0.444 e. The number of carbonyl (C=O) groups excluding carboxylic acids is 2. The maximum Gasteiger partial charge on any atom is 0.410 e. The van der Waals surface area contributed by atoms with Crippen LogP contribution >= 0.6 is 27.5 Å². The number of hydrogen-bond donors (Lipinski definition) is 0. The van der Waals surface area contributed by atoms with Crippen molar-refractivity contribution in [3.63, 3.8) is 0 Å². The number of hydrogen-bond acceptors (Lipinski definition) is 7. The van der Waals surface area contributed by atoms with Gasteiger partial charge in [0.25, 0.3) is 0 Å². The van der Waals surface area contributed by atoms with Crippen LogP contribution in [0.2, 0.25) is 23.2 Å². The Labute approximate surface area is 289 Å². The lowest BCUT2D eigenvalue weighted by Crippen LogP contribution is -2.51. The minimum absolute atomic E-state index is 0.0545. The number of ether oxygens (including phenoxy) is 3. The number of aromatic nitrogens is 2. The van der Waals surface area contributed by atoms with Gasteiger partial charge in [0.05, 0.1) is 24.9 Å². The highest BCUT2D eigenvalue weighted by Gasteiger charge is 2.44. The minimum Gasteiger partial charge on any atom is -0.444 e. The van der Waals surface area contributed by atoms with Gasteiger partial charge in [-0.3, -0.25) is 4.79 Å². The van der Waals surface area contributed by atoms with E-state index in [1.165, 1.54) is 0 Å². The number of ketones is 1. The van der Waals surface area contributed by atoms with Gasteiger partial charge in [-0.05, 0) is 105 Å². The normalized spacial score (nSPS) is 20.9. The maximum atomic E-state index is 14.0. The number of unbranched alkanes of at least 4 members (excludes halogenated alkanes) is 1. The Morgan fingerprint density at radius 1 is 1.15 bits per heavy atom. The summed E-state index contributed by atoms with van der Waals surface area (Å²) in [4.78, 5) is 28.7. The van der Waals surface area contributed by atoms with E-state index in [0.29, 0.717) is 44.2 Å². The van der Waals surface area contributed by atoms with Crippen molar-refractivity contribution in [3.8, 4) is 0 Å². The molecule has 0 radical (unpaired) electrons. The Morgan fingerprint density at radius 2 is 1.89 bits per heavy atom. The Morgan fingerprint density at radius 3 is 2.54 bits per heavy atom. The Hall–Kier alpha value is -1.50. The molecule has 2 saturated heterocycles. The molecule has 0 aliphatic carbocycles. The van der Waals surface area contributed by atoms with Crippen LogP contribution in [0, 0.1) is 5.92 Å². The van der Waals surface area contributed by atoms with E-state index in [2.05, 4.69) is 54.9 Å². The minimum atomic E-state index is -2.32. The van der Waals surface area contributed by atoms with Crippen molar-refractivity contribution in [1.29, 1.82) is 0 Å². The fourth-order valence-corrected chi connectivity index (χ4v) is 8.14. The highest BCUT2D eigenvalue weighted by Crippen LogP contribution is 2.39. The van der Waals surface area contributed by atoms with Gasteiger partial charge in [-0.1, -0.05) is 32.4 Å². The molecule has 1 aromatic carbocycles. The maximum absolute atomic E-state index is 14.0. The molecule has 12 heteroatoms. The molecule has 3 unspecified atom stereocenters. The summed E-state index contributed by atoms with van der Waals surface area (Å²) in [5, 5.41) is 6.24. The van der Waals surface area contributed by atoms with E-state index in [-0.39, 0.29) is 23.0 Å². The topological polar surface area (TPSA) is 92.1 Å². The summed E-state index contributed by atoms with van der Waals surface area (Å²) in [7, 11) is -2.32. The molecule has 3 atom stereocenters. The van der Waals surface area contributed by atoms with Crippen LogP contribution in [-0.4, -0.2) is 79.5 Å². The highest BCUT2D eigenvalue weighted by molar-refractivity contribution is 9.10. The van der Waals surface area contributed by atoms with Crippen molar-refractivity contribution in [2.24, 2.45) is 5.92 Å². The molecule has 3 heterocycles. The predicted octanol–water partition coefficient (Wildman–Crippen LogP) is 8.71. The monoisotopic (exact) mass is 741 g/mol. The standard InChI is InChI=1S/C34H53BrClN3O6Si/c1-33(2,3)44-32(41)38-16-18-42-22-23(21-38)31(45-46(7,8)34(4,5)6)28(40)14-10-9-13-24-26(36)19-27-25(30(24)35)20-37-39(27)29-15-11-12-17-43-29/h19-20,23,29,31H,9-18,21-22H2,1-8H3. The van der Waals surface area contributed by atoms with Crippen molar-refractivity contribution in [3.05, 3.63) is 27.3 Å². The summed E-state index contributed by atoms with van der Waals surface area (Å²) in [5.41, 5.74) is 1.36. The van der Waals surface area contributed by atoms with Crippen LogP contribution < -0.4 is 0 Å². The molecule has 46 heavy (non-hydrogen) atoms. The van der Waals surface area contributed by atoms with E-state index in [4.69, 9.17) is 30.2 Å². The van der Waals surface area contributed by atoms with Crippen molar-refractivity contribution in [2.75, 3.05) is 32.9 Å². The molecule has 2 aliphatic rings. The molecule has 4 rings (SSSR count). The molecule has 0 saturated carbocycles. The van der Waals surface area contributed by atoms with E-state index in [1.54, 1.807) is 4.90 Å². The molecular formula is C34H53BrClN3O6Si.